The first-order valence-corrected chi connectivity index (χ1v) is 6.98. The molecule has 20 heavy (non-hydrogen) atoms. The van der Waals surface area contributed by atoms with E-state index in [2.05, 4.69) is 10.3 Å². The molecule has 0 radical (unpaired) electrons. The number of benzene rings is 1. The van der Waals surface area contributed by atoms with Crippen LogP contribution in [0.2, 0.25) is 0 Å². The lowest BCUT2D eigenvalue weighted by Crippen LogP contribution is -2.02. The predicted molar refractivity (Wildman–Crippen MR) is 78.4 cm³/mol. The van der Waals surface area contributed by atoms with Crippen LogP contribution in [-0.2, 0) is 6.54 Å². The Kier molecular flexibility index (Phi) is 4.52. The van der Waals surface area contributed by atoms with Crippen molar-refractivity contribution in [3.63, 3.8) is 0 Å². The summed E-state index contributed by atoms with van der Waals surface area (Å²) >= 11 is 1.56. The summed E-state index contributed by atoms with van der Waals surface area (Å²) in [5.74, 6) is 0.499. The SMILES string of the molecule is CCOc1ccc(NCc2cnc(C)s2)c([N+](=O)[O-])c1. The van der Waals surface area contributed by atoms with Crippen LogP contribution in [0.4, 0.5) is 11.4 Å². The number of rotatable bonds is 6. The largest absolute Gasteiger partial charge is 0.494 e. The quantitative estimate of drug-likeness (QED) is 0.652. The van der Waals surface area contributed by atoms with Gasteiger partial charge in [-0.1, -0.05) is 0 Å². The van der Waals surface area contributed by atoms with Crippen LogP contribution in [0.3, 0.4) is 0 Å². The molecule has 0 unspecified atom stereocenters. The molecule has 0 fully saturated rings. The molecule has 6 nitrogen and oxygen atoms in total. The fraction of sp³-hybridized carbons (Fsp3) is 0.308. The number of anilines is 1. The topological polar surface area (TPSA) is 77.3 Å². The average Bonchev–Trinajstić information content (AvgIpc) is 2.83. The fourth-order valence-corrected chi connectivity index (χ4v) is 2.47. The van der Waals surface area contributed by atoms with E-state index in [1.807, 2.05) is 13.8 Å². The fourth-order valence-electron chi connectivity index (χ4n) is 1.74. The molecule has 1 aromatic heterocycles. The first kappa shape index (κ1) is 14.3. The van der Waals surface area contributed by atoms with Gasteiger partial charge in [0.15, 0.2) is 0 Å². The second-order valence-corrected chi connectivity index (χ2v) is 5.39. The van der Waals surface area contributed by atoms with E-state index in [0.29, 0.717) is 24.6 Å². The van der Waals surface area contributed by atoms with Crippen molar-refractivity contribution in [3.05, 3.63) is 44.4 Å². The highest BCUT2D eigenvalue weighted by Crippen LogP contribution is 2.29. The second-order valence-electron chi connectivity index (χ2n) is 4.07. The van der Waals surface area contributed by atoms with Crippen molar-refractivity contribution in [1.29, 1.82) is 0 Å². The van der Waals surface area contributed by atoms with Crippen molar-refractivity contribution in [2.45, 2.75) is 20.4 Å². The Labute approximate surface area is 120 Å². The van der Waals surface area contributed by atoms with E-state index < -0.39 is 4.92 Å². The van der Waals surface area contributed by atoms with Gasteiger partial charge in [-0.15, -0.1) is 11.3 Å². The maximum absolute atomic E-state index is 11.1. The zero-order valence-electron chi connectivity index (χ0n) is 11.3. The molecule has 0 aliphatic heterocycles. The summed E-state index contributed by atoms with van der Waals surface area (Å²) in [7, 11) is 0. The van der Waals surface area contributed by atoms with Crippen LogP contribution >= 0.6 is 11.3 Å². The van der Waals surface area contributed by atoms with E-state index in [1.54, 1.807) is 29.7 Å². The van der Waals surface area contributed by atoms with Crippen molar-refractivity contribution in [1.82, 2.24) is 4.98 Å². The van der Waals surface area contributed by atoms with Gasteiger partial charge in [0.2, 0.25) is 0 Å². The van der Waals surface area contributed by atoms with E-state index in [0.717, 1.165) is 9.88 Å². The minimum Gasteiger partial charge on any atom is -0.494 e. The van der Waals surface area contributed by atoms with E-state index >= 15 is 0 Å². The first-order chi connectivity index (χ1) is 9.60. The van der Waals surface area contributed by atoms with Crippen molar-refractivity contribution in [2.24, 2.45) is 0 Å². The number of hydrogen-bond acceptors (Lipinski definition) is 6. The van der Waals surface area contributed by atoms with Crippen LogP contribution in [-0.4, -0.2) is 16.5 Å². The van der Waals surface area contributed by atoms with Gasteiger partial charge >= 0.3 is 0 Å². The summed E-state index contributed by atoms with van der Waals surface area (Å²) in [5.41, 5.74) is 0.488. The molecule has 0 amide bonds. The van der Waals surface area contributed by atoms with Gasteiger partial charge in [0.1, 0.15) is 11.4 Å². The van der Waals surface area contributed by atoms with E-state index in [4.69, 9.17) is 4.74 Å². The normalized spacial score (nSPS) is 10.3. The van der Waals surface area contributed by atoms with Gasteiger partial charge in [-0.3, -0.25) is 10.1 Å². The summed E-state index contributed by atoms with van der Waals surface area (Å²) in [5, 5.41) is 15.1. The smallest absolute Gasteiger partial charge is 0.296 e. The monoisotopic (exact) mass is 293 g/mol. The Morgan fingerprint density at radius 1 is 1.50 bits per heavy atom. The van der Waals surface area contributed by atoms with Gasteiger partial charge in [0, 0.05) is 11.1 Å². The van der Waals surface area contributed by atoms with Gasteiger partial charge < -0.3 is 10.1 Å². The third-order valence-electron chi connectivity index (χ3n) is 2.60. The van der Waals surface area contributed by atoms with E-state index in [-0.39, 0.29) is 5.69 Å². The number of thiazole rings is 1. The van der Waals surface area contributed by atoms with Crippen molar-refractivity contribution >= 4 is 22.7 Å². The molecule has 1 heterocycles. The number of nitro groups is 1. The molecule has 0 spiro atoms. The maximum Gasteiger partial charge on any atom is 0.296 e. The molecular weight excluding hydrogens is 278 g/mol. The Morgan fingerprint density at radius 3 is 2.90 bits per heavy atom. The van der Waals surface area contributed by atoms with Crippen LogP contribution in [0.1, 0.15) is 16.8 Å². The predicted octanol–water partition coefficient (Wildman–Crippen LogP) is 3.37. The highest BCUT2D eigenvalue weighted by atomic mass is 32.1. The third kappa shape index (κ3) is 3.45. The van der Waals surface area contributed by atoms with E-state index in [1.165, 1.54) is 6.07 Å². The van der Waals surface area contributed by atoms with Crippen LogP contribution in [0.15, 0.2) is 24.4 Å². The highest BCUT2D eigenvalue weighted by Gasteiger charge is 2.15. The van der Waals surface area contributed by atoms with Gasteiger partial charge in [-0.05, 0) is 26.0 Å². The molecule has 0 saturated heterocycles. The molecule has 7 heteroatoms. The highest BCUT2D eigenvalue weighted by molar-refractivity contribution is 7.11. The summed E-state index contributed by atoms with van der Waals surface area (Å²) in [4.78, 5) is 15.9. The Morgan fingerprint density at radius 2 is 2.30 bits per heavy atom. The maximum atomic E-state index is 11.1. The van der Waals surface area contributed by atoms with Crippen LogP contribution in [0.25, 0.3) is 0 Å². The van der Waals surface area contributed by atoms with Crippen LogP contribution < -0.4 is 10.1 Å². The number of hydrogen-bond donors (Lipinski definition) is 1. The molecule has 1 N–H and O–H groups in total. The minimum atomic E-state index is -0.414. The standard InChI is InChI=1S/C13H15N3O3S/c1-3-19-10-4-5-12(13(6-10)16(17)18)15-8-11-7-14-9(2)20-11/h4-7,15H,3,8H2,1-2H3. The van der Waals surface area contributed by atoms with Gasteiger partial charge in [0.25, 0.3) is 5.69 Å². The second kappa shape index (κ2) is 6.33. The minimum absolute atomic E-state index is 0.0113. The average molecular weight is 293 g/mol. The van der Waals surface area contributed by atoms with Crippen LogP contribution in [0.5, 0.6) is 5.75 Å². The molecule has 2 aromatic rings. The molecular formula is C13H15N3O3S. The Bertz CT molecular complexity index is 613. The first-order valence-electron chi connectivity index (χ1n) is 6.16. The molecule has 0 bridgehead atoms. The molecule has 1 aromatic carbocycles. The summed E-state index contributed by atoms with van der Waals surface area (Å²) < 4.78 is 5.28. The zero-order valence-corrected chi connectivity index (χ0v) is 12.1. The molecule has 0 atom stereocenters. The van der Waals surface area contributed by atoms with Gasteiger partial charge in [-0.2, -0.15) is 0 Å². The van der Waals surface area contributed by atoms with Crippen molar-refractivity contribution in [2.75, 3.05) is 11.9 Å². The number of aromatic nitrogens is 1. The Hall–Kier alpha value is -2.15. The van der Waals surface area contributed by atoms with E-state index in [9.17, 15) is 10.1 Å². The summed E-state index contributed by atoms with van der Waals surface area (Å²) in [6, 6.07) is 4.82. The van der Waals surface area contributed by atoms with Gasteiger partial charge in [0.05, 0.1) is 29.1 Å². The number of nitro benzene ring substituents is 1. The Balaban J connectivity index is 2.15. The molecule has 106 valence electrons. The molecule has 0 aliphatic rings. The summed E-state index contributed by atoms with van der Waals surface area (Å²) in [6.45, 7) is 4.75. The lowest BCUT2D eigenvalue weighted by Gasteiger charge is -2.08. The third-order valence-corrected chi connectivity index (χ3v) is 3.51. The number of ether oxygens (including phenoxy) is 1. The lowest BCUT2D eigenvalue weighted by atomic mass is 10.2. The zero-order chi connectivity index (χ0) is 14.5. The number of nitrogens with zero attached hydrogens (tertiary/aromatic N) is 2. The van der Waals surface area contributed by atoms with Gasteiger partial charge in [-0.25, -0.2) is 4.98 Å². The molecule has 2 rings (SSSR count). The lowest BCUT2D eigenvalue weighted by molar-refractivity contribution is -0.384. The van der Waals surface area contributed by atoms with Crippen molar-refractivity contribution < 1.29 is 9.66 Å². The van der Waals surface area contributed by atoms with Crippen molar-refractivity contribution in [3.8, 4) is 5.75 Å². The number of nitrogens with one attached hydrogen (secondary N) is 1. The summed E-state index contributed by atoms with van der Waals surface area (Å²) in [6.07, 6.45) is 1.77. The number of aryl methyl sites for hydroxylation is 1. The molecule has 0 saturated carbocycles. The van der Waals surface area contributed by atoms with Crippen LogP contribution in [0, 0.1) is 17.0 Å². The molecule has 0 aliphatic carbocycles.